The van der Waals surface area contributed by atoms with Gasteiger partial charge in [0.25, 0.3) is 0 Å². The van der Waals surface area contributed by atoms with Crippen LogP contribution in [-0.4, -0.2) is 42.1 Å². The number of rotatable bonds is 6. The quantitative estimate of drug-likeness (QED) is 0.354. The molecule has 5 nitrogen and oxygen atoms in total. The maximum Gasteiger partial charge on any atom is 0.306 e. The zero-order valence-corrected chi connectivity index (χ0v) is 13.9. The first kappa shape index (κ1) is 17.8. The van der Waals surface area contributed by atoms with E-state index in [1.807, 2.05) is 20.8 Å². The molecule has 1 heterocycles. The van der Waals surface area contributed by atoms with Gasteiger partial charge in [-0.25, -0.2) is 0 Å². The summed E-state index contributed by atoms with van der Waals surface area (Å²) < 4.78 is 5.27. The van der Waals surface area contributed by atoms with Crippen LogP contribution in [0.1, 0.15) is 65.7 Å². The van der Waals surface area contributed by atoms with Crippen molar-refractivity contribution in [1.82, 2.24) is 4.90 Å². The Morgan fingerprint density at radius 3 is 2.43 bits per heavy atom. The molecule has 122 valence electrons. The molecule has 21 heavy (non-hydrogen) atoms. The van der Waals surface area contributed by atoms with Crippen LogP contribution in [0.25, 0.3) is 0 Å². The third-order valence-electron chi connectivity index (χ3n) is 3.41. The number of hydrogen-bond acceptors (Lipinski definition) is 3. The molecule has 1 fully saturated rings. The van der Waals surface area contributed by atoms with E-state index in [0.717, 1.165) is 38.9 Å². The summed E-state index contributed by atoms with van der Waals surface area (Å²) in [6.07, 6.45) is 7.02. The largest absolute Gasteiger partial charge is 0.460 e. The molecule has 1 rings (SSSR count). The highest BCUT2D eigenvalue weighted by atomic mass is 16.6. The van der Waals surface area contributed by atoms with Gasteiger partial charge in [-0.05, 0) is 52.9 Å². The van der Waals surface area contributed by atoms with Crippen molar-refractivity contribution >= 4 is 11.9 Å². The molecule has 0 unspecified atom stereocenters. The number of ether oxygens (including phenoxy) is 1. The Balaban J connectivity index is 2.07. The fraction of sp³-hybridized carbons (Fsp3) is 0.875. The highest BCUT2D eigenvalue weighted by Gasteiger charge is 2.15. The van der Waals surface area contributed by atoms with E-state index >= 15 is 0 Å². The van der Waals surface area contributed by atoms with Gasteiger partial charge >= 0.3 is 5.97 Å². The smallest absolute Gasteiger partial charge is 0.306 e. The summed E-state index contributed by atoms with van der Waals surface area (Å²) in [5, 5.41) is 0. The number of nitrogens with zero attached hydrogens (tertiary/aromatic N) is 2. The van der Waals surface area contributed by atoms with Gasteiger partial charge in [-0.3, -0.25) is 9.79 Å². The number of likely N-dealkylation sites (tertiary alicyclic amines) is 1. The Hall–Kier alpha value is -1.26. The van der Waals surface area contributed by atoms with Crippen LogP contribution in [0.15, 0.2) is 4.99 Å². The van der Waals surface area contributed by atoms with Crippen LogP contribution in [0.5, 0.6) is 0 Å². The number of aliphatic imine (C=N–C) groups is 1. The highest BCUT2D eigenvalue weighted by molar-refractivity contribution is 5.78. The molecule has 5 heteroatoms. The Morgan fingerprint density at radius 1 is 1.14 bits per heavy atom. The summed E-state index contributed by atoms with van der Waals surface area (Å²) in [4.78, 5) is 18.1. The summed E-state index contributed by atoms with van der Waals surface area (Å²) in [5.41, 5.74) is 5.60. The Bertz CT molecular complexity index is 342. The van der Waals surface area contributed by atoms with Gasteiger partial charge in [-0.1, -0.05) is 6.42 Å². The number of unbranched alkanes of at least 4 members (excludes halogenated alkanes) is 2. The second-order valence-electron chi connectivity index (χ2n) is 6.68. The monoisotopic (exact) mass is 297 g/mol. The standard InChI is InChI=1S/C16H31N3O2/c1-16(2,3)21-14(20)10-6-4-7-11-18-15(17)19-12-8-5-9-13-19/h4-13H2,1-3H3,(H2,17,18). The number of guanidine groups is 1. The molecule has 0 aromatic heterocycles. The molecule has 1 saturated heterocycles. The zero-order valence-electron chi connectivity index (χ0n) is 13.9. The van der Waals surface area contributed by atoms with Gasteiger partial charge in [0.05, 0.1) is 0 Å². The lowest BCUT2D eigenvalue weighted by Crippen LogP contribution is -2.40. The minimum absolute atomic E-state index is 0.112. The molecule has 0 aromatic carbocycles. The van der Waals surface area contributed by atoms with Gasteiger partial charge in [0.15, 0.2) is 5.96 Å². The fourth-order valence-corrected chi connectivity index (χ4v) is 2.37. The lowest BCUT2D eigenvalue weighted by Gasteiger charge is -2.27. The molecule has 0 bridgehead atoms. The average Bonchev–Trinajstić information content (AvgIpc) is 2.41. The second kappa shape index (κ2) is 8.90. The second-order valence-corrected chi connectivity index (χ2v) is 6.68. The van der Waals surface area contributed by atoms with Crippen LogP contribution >= 0.6 is 0 Å². The molecule has 1 aliphatic rings. The van der Waals surface area contributed by atoms with Crippen molar-refractivity contribution in [2.24, 2.45) is 10.7 Å². The zero-order chi connectivity index (χ0) is 15.7. The molecule has 0 aliphatic carbocycles. The van der Waals surface area contributed by atoms with Crippen molar-refractivity contribution < 1.29 is 9.53 Å². The van der Waals surface area contributed by atoms with E-state index in [4.69, 9.17) is 10.5 Å². The maximum atomic E-state index is 11.5. The van der Waals surface area contributed by atoms with Crippen molar-refractivity contribution in [1.29, 1.82) is 0 Å². The minimum Gasteiger partial charge on any atom is -0.460 e. The van der Waals surface area contributed by atoms with Crippen LogP contribution < -0.4 is 5.73 Å². The SMILES string of the molecule is CC(C)(C)OC(=O)CCCCCN=C(N)N1CCCCC1. The number of hydrogen-bond donors (Lipinski definition) is 1. The molecule has 0 amide bonds. The molecule has 2 N–H and O–H groups in total. The molecule has 0 atom stereocenters. The Labute approximate surface area is 128 Å². The minimum atomic E-state index is -0.385. The van der Waals surface area contributed by atoms with E-state index < -0.39 is 0 Å². The van der Waals surface area contributed by atoms with Crippen LogP contribution in [0.2, 0.25) is 0 Å². The van der Waals surface area contributed by atoms with E-state index in [1.165, 1.54) is 19.3 Å². The Kier molecular flexibility index (Phi) is 7.54. The molecular formula is C16H31N3O2. The normalized spacial score (nSPS) is 16.9. The topological polar surface area (TPSA) is 67.9 Å². The van der Waals surface area contributed by atoms with Crippen LogP contribution in [0.3, 0.4) is 0 Å². The van der Waals surface area contributed by atoms with E-state index in [9.17, 15) is 4.79 Å². The first-order valence-electron chi connectivity index (χ1n) is 8.15. The van der Waals surface area contributed by atoms with Crippen molar-refractivity contribution in [3.63, 3.8) is 0 Å². The molecule has 0 aromatic rings. The summed E-state index contributed by atoms with van der Waals surface area (Å²) in [5.74, 6) is 0.570. The summed E-state index contributed by atoms with van der Waals surface area (Å²) in [6.45, 7) is 8.49. The third-order valence-corrected chi connectivity index (χ3v) is 3.41. The molecule has 0 saturated carbocycles. The van der Waals surface area contributed by atoms with E-state index in [1.54, 1.807) is 0 Å². The maximum absolute atomic E-state index is 11.5. The lowest BCUT2D eigenvalue weighted by molar-refractivity contribution is -0.154. The highest BCUT2D eigenvalue weighted by Crippen LogP contribution is 2.11. The van der Waals surface area contributed by atoms with E-state index in [0.29, 0.717) is 12.4 Å². The molecular weight excluding hydrogens is 266 g/mol. The van der Waals surface area contributed by atoms with Crippen LogP contribution in [0.4, 0.5) is 0 Å². The van der Waals surface area contributed by atoms with Crippen LogP contribution in [0, 0.1) is 0 Å². The Morgan fingerprint density at radius 2 is 1.81 bits per heavy atom. The first-order valence-corrected chi connectivity index (χ1v) is 8.15. The lowest BCUT2D eigenvalue weighted by atomic mass is 10.1. The van der Waals surface area contributed by atoms with Gasteiger partial charge in [0.2, 0.25) is 0 Å². The number of carbonyl (C=O) groups is 1. The molecule has 0 spiro atoms. The third kappa shape index (κ3) is 8.58. The van der Waals surface area contributed by atoms with Gasteiger partial charge in [0.1, 0.15) is 5.60 Å². The van der Waals surface area contributed by atoms with Crippen molar-refractivity contribution in [2.45, 2.75) is 71.3 Å². The average molecular weight is 297 g/mol. The summed E-state index contributed by atoms with van der Waals surface area (Å²) in [7, 11) is 0. The predicted octanol–water partition coefficient (Wildman–Crippen LogP) is 2.69. The van der Waals surface area contributed by atoms with Gasteiger partial charge in [-0.2, -0.15) is 0 Å². The van der Waals surface area contributed by atoms with E-state index in [-0.39, 0.29) is 11.6 Å². The van der Waals surface area contributed by atoms with Crippen molar-refractivity contribution in [3.05, 3.63) is 0 Å². The summed E-state index contributed by atoms with van der Waals surface area (Å²) >= 11 is 0. The van der Waals surface area contributed by atoms with Crippen molar-refractivity contribution in [3.8, 4) is 0 Å². The van der Waals surface area contributed by atoms with Crippen LogP contribution in [-0.2, 0) is 9.53 Å². The number of esters is 1. The molecule has 0 radical (unpaired) electrons. The molecule has 1 aliphatic heterocycles. The predicted molar refractivity (Wildman–Crippen MR) is 86.2 cm³/mol. The van der Waals surface area contributed by atoms with Gasteiger partial charge < -0.3 is 15.4 Å². The number of carbonyl (C=O) groups excluding carboxylic acids is 1. The number of nitrogens with two attached hydrogens (primary N) is 1. The van der Waals surface area contributed by atoms with E-state index in [2.05, 4.69) is 9.89 Å². The summed E-state index contributed by atoms with van der Waals surface area (Å²) in [6, 6.07) is 0. The fourth-order valence-electron chi connectivity index (χ4n) is 2.37. The van der Waals surface area contributed by atoms with Gasteiger partial charge in [-0.15, -0.1) is 0 Å². The number of piperidine rings is 1. The van der Waals surface area contributed by atoms with Crippen molar-refractivity contribution in [2.75, 3.05) is 19.6 Å². The van der Waals surface area contributed by atoms with Gasteiger partial charge in [0, 0.05) is 26.1 Å². The first-order chi connectivity index (χ1) is 9.88.